The second-order valence-corrected chi connectivity index (χ2v) is 5.19. The van der Waals surface area contributed by atoms with Crippen molar-refractivity contribution in [3.8, 4) is 0 Å². The number of furan rings is 1. The molecule has 4 nitrogen and oxygen atoms in total. The Morgan fingerprint density at radius 3 is 2.65 bits per heavy atom. The third kappa shape index (κ3) is 1.67. The molecule has 3 rings (SSSR count). The number of hydrogen-bond acceptors (Lipinski definition) is 3. The molecule has 1 N–H and O–H groups in total. The molecule has 4 heteroatoms. The van der Waals surface area contributed by atoms with Crippen molar-refractivity contribution in [2.24, 2.45) is 5.41 Å². The van der Waals surface area contributed by atoms with Gasteiger partial charge in [-0.15, -0.1) is 0 Å². The zero-order valence-electron chi connectivity index (χ0n) is 9.76. The normalized spacial score (nSPS) is 26.9. The molecule has 17 heavy (non-hydrogen) atoms. The minimum absolute atomic E-state index is 0.0290. The van der Waals surface area contributed by atoms with Crippen LogP contribution in [0.1, 0.15) is 36.2 Å². The van der Waals surface area contributed by atoms with Crippen LogP contribution < -0.4 is 0 Å². The highest BCUT2D eigenvalue weighted by molar-refractivity contribution is 5.91. The van der Waals surface area contributed by atoms with Crippen molar-refractivity contribution in [1.82, 2.24) is 4.90 Å². The van der Waals surface area contributed by atoms with E-state index in [2.05, 4.69) is 0 Å². The zero-order valence-corrected chi connectivity index (χ0v) is 9.76. The van der Waals surface area contributed by atoms with Crippen LogP contribution in [-0.2, 0) is 0 Å². The van der Waals surface area contributed by atoms with Crippen LogP contribution in [-0.4, -0.2) is 35.1 Å². The molecule has 0 radical (unpaired) electrons. The van der Waals surface area contributed by atoms with E-state index in [0.717, 1.165) is 38.8 Å². The first-order valence-electron chi connectivity index (χ1n) is 6.22. The van der Waals surface area contributed by atoms with Gasteiger partial charge in [0.25, 0.3) is 5.91 Å². The van der Waals surface area contributed by atoms with E-state index >= 15 is 0 Å². The smallest absolute Gasteiger partial charge is 0.289 e. The maximum atomic E-state index is 12.0. The number of aliphatic hydroxyl groups excluding tert-OH is 1. The predicted octanol–water partition coefficient (Wildman–Crippen LogP) is 1.66. The van der Waals surface area contributed by atoms with Crippen LogP contribution in [0.15, 0.2) is 22.8 Å². The summed E-state index contributed by atoms with van der Waals surface area (Å²) in [5.41, 5.74) is 0.111. The van der Waals surface area contributed by atoms with Crippen LogP contribution in [0.5, 0.6) is 0 Å². The highest BCUT2D eigenvalue weighted by atomic mass is 16.3. The summed E-state index contributed by atoms with van der Waals surface area (Å²) in [5, 5.41) is 9.81. The van der Waals surface area contributed by atoms with E-state index in [-0.39, 0.29) is 17.4 Å². The van der Waals surface area contributed by atoms with Crippen LogP contribution in [0.4, 0.5) is 0 Å². The Balaban J connectivity index is 1.64. The van der Waals surface area contributed by atoms with E-state index in [4.69, 9.17) is 4.42 Å². The average molecular weight is 235 g/mol. The molecule has 0 bridgehead atoms. The lowest BCUT2D eigenvalue weighted by molar-refractivity contribution is -0.0954. The Bertz CT molecular complexity index is 404. The number of carbonyl (C=O) groups excluding carboxylic acids is 1. The first-order valence-corrected chi connectivity index (χ1v) is 6.22. The van der Waals surface area contributed by atoms with Gasteiger partial charge in [-0.2, -0.15) is 0 Å². The average Bonchev–Trinajstić information content (AvgIpc) is 2.90. The molecule has 2 heterocycles. The molecule has 92 valence electrons. The Kier molecular flexibility index (Phi) is 2.47. The maximum Gasteiger partial charge on any atom is 0.289 e. The number of amides is 1. The number of hydrogen-bond donors (Lipinski definition) is 1. The van der Waals surface area contributed by atoms with Crippen molar-refractivity contribution in [2.45, 2.75) is 31.8 Å². The number of likely N-dealkylation sites (tertiary alicyclic amines) is 1. The molecular formula is C13H17NO3. The van der Waals surface area contributed by atoms with Gasteiger partial charge in [-0.25, -0.2) is 0 Å². The number of piperidine rings is 1. The molecule has 2 fully saturated rings. The van der Waals surface area contributed by atoms with Crippen LogP contribution in [0.3, 0.4) is 0 Å². The van der Waals surface area contributed by atoms with Gasteiger partial charge >= 0.3 is 0 Å². The summed E-state index contributed by atoms with van der Waals surface area (Å²) in [5.74, 6) is 0.383. The molecule has 1 aromatic rings. The minimum atomic E-state index is -0.150. The van der Waals surface area contributed by atoms with Gasteiger partial charge < -0.3 is 14.4 Å². The predicted molar refractivity (Wildman–Crippen MR) is 61.5 cm³/mol. The summed E-state index contributed by atoms with van der Waals surface area (Å²) >= 11 is 0. The second kappa shape index (κ2) is 3.88. The Morgan fingerprint density at radius 2 is 2.18 bits per heavy atom. The van der Waals surface area contributed by atoms with E-state index in [0.29, 0.717) is 5.76 Å². The van der Waals surface area contributed by atoms with E-state index in [9.17, 15) is 9.90 Å². The molecular weight excluding hydrogens is 218 g/mol. The van der Waals surface area contributed by atoms with Crippen LogP contribution in [0.25, 0.3) is 0 Å². The highest BCUT2D eigenvalue weighted by Crippen LogP contribution is 2.49. The van der Waals surface area contributed by atoms with Gasteiger partial charge in [0.05, 0.1) is 12.4 Å². The maximum absolute atomic E-state index is 12.0. The number of rotatable bonds is 1. The third-order valence-electron chi connectivity index (χ3n) is 4.40. The molecule has 1 spiro atoms. The Morgan fingerprint density at radius 1 is 1.41 bits per heavy atom. The molecule has 1 saturated heterocycles. The number of aliphatic hydroxyl groups is 1. The summed E-state index contributed by atoms with van der Waals surface area (Å²) in [4.78, 5) is 13.9. The fourth-order valence-corrected chi connectivity index (χ4v) is 2.98. The summed E-state index contributed by atoms with van der Waals surface area (Å²) in [6.07, 6.45) is 5.24. The van der Waals surface area contributed by atoms with E-state index in [1.807, 2.05) is 4.90 Å². The fraction of sp³-hybridized carbons (Fsp3) is 0.615. The van der Waals surface area contributed by atoms with Gasteiger partial charge in [0.2, 0.25) is 0 Å². The summed E-state index contributed by atoms with van der Waals surface area (Å²) < 4.78 is 5.12. The van der Waals surface area contributed by atoms with Gasteiger partial charge in [0, 0.05) is 13.1 Å². The molecule has 1 aliphatic carbocycles. The topological polar surface area (TPSA) is 53.7 Å². The standard InChI is InChI=1S/C13H17NO3/c15-11-3-4-13(11)5-7-14(8-6-13)12(16)10-2-1-9-17-10/h1-2,9,11,15H,3-8H2. The van der Waals surface area contributed by atoms with Gasteiger partial charge in [-0.1, -0.05) is 0 Å². The van der Waals surface area contributed by atoms with Crippen molar-refractivity contribution >= 4 is 5.91 Å². The summed E-state index contributed by atoms with van der Waals surface area (Å²) in [6.45, 7) is 1.47. The fourth-order valence-electron chi connectivity index (χ4n) is 2.98. The Labute approximate surface area is 100 Å². The minimum Gasteiger partial charge on any atom is -0.459 e. The molecule has 1 atom stereocenters. The van der Waals surface area contributed by atoms with Crippen molar-refractivity contribution in [3.05, 3.63) is 24.2 Å². The first kappa shape index (κ1) is 10.8. The quantitative estimate of drug-likeness (QED) is 0.805. The molecule has 1 amide bonds. The monoisotopic (exact) mass is 235 g/mol. The van der Waals surface area contributed by atoms with Crippen molar-refractivity contribution < 1.29 is 14.3 Å². The number of nitrogens with zero attached hydrogens (tertiary/aromatic N) is 1. The van der Waals surface area contributed by atoms with Gasteiger partial charge in [-0.05, 0) is 43.2 Å². The van der Waals surface area contributed by atoms with Crippen LogP contribution in [0.2, 0.25) is 0 Å². The van der Waals surface area contributed by atoms with Crippen molar-refractivity contribution in [3.63, 3.8) is 0 Å². The van der Waals surface area contributed by atoms with Gasteiger partial charge in [-0.3, -0.25) is 4.79 Å². The van der Waals surface area contributed by atoms with E-state index in [1.54, 1.807) is 12.1 Å². The Hall–Kier alpha value is -1.29. The molecule has 1 aliphatic heterocycles. The van der Waals surface area contributed by atoms with E-state index in [1.165, 1.54) is 6.26 Å². The lowest BCUT2D eigenvalue weighted by Gasteiger charge is -2.51. The van der Waals surface area contributed by atoms with Crippen molar-refractivity contribution in [2.75, 3.05) is 13.1 Å². The largest absolute Gasteiger partial charge is 0.459 e. The lowest BCUT2D eigenvalue weighted by atomic mass is 9.61. The van der Waals surface area contributed by atoms with Gasteiger partial charge in [0.1, 0.15) is 0 Å². The van der Waals surface area contributed by atoms with E-state index < -0.39 is 0 Å². The molecule has 1 saturated carbocycles. The zero-order chi connectivity index (χ0) is 11.9. The third-order valence-corrected chi connectivity index (χ3v) is 4.40. The summed E-state index contributed by atoms with van der Waals surface area (Å²) in [6, 6.07) is 3.43. The summed E-state index contributed by atoms with van der Waals surface area (Å²) in [7, 11) is 0. The lowest BCUT2D eigenvalue weighted by Crippen LogP contribution is -2.53. The molecule has 2 aliphatic rings. The first-order chi connectivity index (χ1) is 8.21. The van der Waals surface area contributed by atoms with Crippen molar-refractivity contribution in [1.29, 1.82) is 0 Å². The highest BCUT2D eigenvalue weighted by Gasteiger charge is 2.47. The molecule has 1 aromatic heterocycles. The molecule has 1 unspecified atom stereocenters. The van der Waals surface area contributed by atoms with Crippen LogP contribution in [0, 0.1) is 5.41 Å². The molecule has 0 aromatic carbocycles. The SMILES string of the molecule is O=C(c1ccco1)N1CCC2(CCC2O)CC1. The van der Waals surface area contributed by atoms with Gasteiger partial charge in [0.15, 0.2) is 5.76 Å². The number of carbonyl (C=O) groups is 1. The second-order valence-electron chi connectivity index (χ2n) is 5.19. The van der Waals surface area contributed by atoms with Crippen LogP contribution >= 0.6 is 0 Å².